The molecule has 0 aliphatic carbocycles. The van der Waals surface area contributed by atoms with Crippen LogP contribution in [0, 0.1) is 6.92 Å². The molecule has 0 spiro atoms. The average Bonchev–Trinajstić information content (AvgIpc) is 2.63. The minimum atomic E-state index is 1.09. The molecule has 1 aromatic carbocycles. The van der Waals surface area contributed by atoms with Crippen molar-refractivity contribution in [2.45, 2.75) is 17.6 Å². The van der Waals surface area contributed by atoms with E-state index in [1.165, 1.54) is 14.6 Å². The Morgan fingerprint density at radius 3 is 2.50 bits per heavy atom. The maximum atomic E-state index is 2.22. The normalized spacial score (nSPS) is 10.4. The number of thiophene rings is 1. The van der Waals surface area contributed by atoms with E-state index in [-0.39, 0.29) is 0 Å². The van der Waals surface area contributed by atoms with E-state index < -0.39 is 0 Å². The minimum Gasteiger partial charge on any atom is -0.145 e. The lowest BCUT2D eigenvalue weighted by atomic mass is 10.4. The summed E-state index contributed by atoms with van der Waals surface area (Å²) in [7, 11) is 0. The fourth-order valence-corrected chi connectivity index (χ4v) is 3.09. The molecule has 0 unspecified atom stereocenters. The molecular formula is C12H12S2. The summed E-state index contributed by atoms with van der Waals surface area (Å²) in [5, 5.41) is 0. The summed E-state index contributed by atoms with van der Waals surface area (Å²) in [6, 6.07) is 14.9. The number of hydrogen-bond donors (Lipinski definition) is 0. The van der Waals surface area contributed by atoms with E-state index in [9.17, 15) is 0 Å². The molecule has 72 valence electrons. The smallest absolute Gasteiger partial charge is 0.0326 e. The van der Waals surface area contributed by atoms with Gasteiger partial charge >= 0.3 is 0 Å². The lowest BCUT2D eigenvalue weighted by Gasteiger charge is -1.98. The Bertz CT molecular complexity index is 390. The van der Waals surface area contributed by atoms with Gasteiger partial charge in [-0.15, -0.1) is 23.1 Å². The van der Waals surface area contributed by atoms with Crippen molar-refractivity contribution < 1.29 is 0 Å². The van der Waals surface area contributed by atoms with E-state index in [1.807, 2.05) is 23.1 Å². The second-order valence-electron chi connectivity index (χ2n) is 3.11. The Morgan fingerprint density at radius 1 is 1.07 bits per heavy atom. The van der Waals surface area contributed by atoms with E-state index in [0.29, 0.717) is 0 Å². The van der Waals surface area contributed by atoms with Gasteiger partial charge in [-0.25, -0.2) is 0 Å². The van der Waals surface area contributed by atoms with Crippen molar-refractivity contribution in [3.63, 3.8) is 0 Å². The molecule has 2 rings (SSSR count). The lowest BCUT2D eigenvalue weighted by molar-refractivity contribution is 1.43. The van der Waals surface area contributed by atoms with E-state index >= 15 is 0 Å². The van der Waals surface area contributed by atoms with E-state index in [2.05, 4.69) is 49.4 Å². The van der Waals surface area contributed by atoms with Crippen LogP contribution in [0.5, 0.6) is 0 Å². The fourth-order valence-electron chi connectivity index (χ4n) is 1.23. The van der Waals surface area contributed by atoms with Crippen molar-refractivity contribution >= 4 is 23.1 Å². The monoisotopic (exact) mass is 220 g/mol. The SMILES string of the molecule is Cc1ccc(CSc2ccccc2)s1. The highest BCUT2D eigenvalue weighted by molar-refractivity contribution is 7.98. The molecule has 0 bridgehead atoms. The van der Waals surface area contributed by atoms with Gasteiger partial charge in [0.2, 0.25) is 0 Å². The molecule has 0 fully saturated rings. The maximum Gasteiger partial charge on any atom is 0.0326 e. The lowest BCUT2D eigenvalue weighted by Crippen LogP contribution is -1.73. The number of hydrogen-bond acceptors (Lipinski definition) is 2. The van der Waals surface area contributed by atoms with E-state index in [4.69, 9.17) is 0 Å². The minimum absolute atomic E-state index is 1.09. The van der Waals surface area contributed by atoms with Crippen LogP contribution in [0.4, 0.5) is 0 Å². The predicted octanol–water partition coefficient (Wildman–Crippen LogP) is 4.35. The van der Waals surface area contributed by atoms with Crippen molar-refractivity contribution in [1.82, 2.24) is 0 Å². The van der Waals surface area contributed by atoms with Gasteiger partial charge in [0.05, 0.1) is 0 Å². The van der Waals surface area contributed by atoms with Crippen LogP contribution in [0.2, 0.25) is 0 Å². The first kappa shape index (κ1) is 9.81. The molecule has 0 aliphatic heterocycles. The fraction of sp³-hybridized carbons (Fsp3) is 0.167. The molecule has 0 N–H and O–H groups in total. The number of rotatable bonds is 3. The van der Waals surface area contributed by atoms with Crippen LogP contribution in [0.15, 0.2) is 47.4 Å². The Kier molecular flexibility index (Phi) is 3.27. The molecule has 2 heteroatoms. The molecule has 0 saturated heterocycles. The Labute approximate surface area is 93.0 Å². The highest BCUT2D eigenvalue weighted by Crippen LogP contribution is 2.26. The maximum absolute atomic E-state index is 2.22. The number of benzene rings is 1. The van der Waals surface area contributed by atoms with Gasteiger partial charge in [-0.1, -0.05) is 18.2 Å². The summed E-state index contributed by atoms with van der Waals surface area (Å²) < 4.78 is 0. The third kappa shape index (κ3) is 2.63. The van der Waals surface area contributed by atoms with Crippen LogP contribution in [0.3, 0.4) is 0 Å². The third-order valence-electron chi connectivity index (χ3n) is 1.92. The quantitative estimate of drug-likeness (QED) is 0.693. The van der Waals surface area contributed by atoms with Gasteiger partial charge in [0.15, 0.2) is 0 Å². The van der Waals surface area contributed by atoms with Crippen molar-refractivity contribution in [3.05, 3.63) is 52.2 Å². The molecular weight excluding hydrogens is 208 g/mol. The van der Waals surface area contributed by atoms with Gasteiger partial charge in [-0.05, 0) is 31.2 Å². The van der Waals surface area contributed by atoms with E-state index in [1.54, 1.807) is 0 Å². The molecule has 0 radical (unpaired) electrons. The summed E-state index contributed by atoms with van der Waals surface area (Å²) in [4.78, 5) is 4.20. The van der Waals surface area contributed by atoms with Crippen LogP contribution in [-0.4, -0.2) is 0 Å². The van der Waals surface area contributed by atoms with Crippen molar-refractivity contribution in [3.8, 4) is 0 Å². The molecule has 2 aromatic rings. The molecule has 14 heavy (non-hydrogen) atoms. The van der Waals surface area contributed by atoms with Crippen LogP contribution in [0.25, 0.3) is 0 Å². The van der Waals surface area contributed by atoms with Gasteiger partial charge in [0.25, 0.3) is 0 Å². The first-order valence-electron chi connectivity index (χ1n) is 4.58. The van der Waals surface area contributed by atoms with Gasteiger partial charge < -0.3 is 0 Å². The zero-order chi connectivity index (χ0) is 9.80. The largest absolute Gasteiger partial charge is 0.145 e. The second-order valence-corrected chi connectivity index (χ2v) is 5.54. The highest BCUT2D eigenvalue weighted by Gasteiger charge is 1.97. The zero-order valence-electron chi connectivity index (χ0n) is 8.07. The summed E-state index contributed by atoms with van der Waals surface area (Å²) in [6.45, 7) is 2.15. The average molecular weight is 220 g/mol. The van der Waals surface area contributed by atoms with E-state index in [0.717, 1.165) is 5.75 Å². The van der Waals surface area contributed by atoms with Crippen LogP contribution >= 0.6 is 23.1 Å². The third-order valence-corrected chi connectivity index (χ3v) is 4.16. The standard InChI is InChI=1S/C12H12S2/c1-10-7-8-12(14-10)9-13-11-5-3-2-4-6-11/h2-8H,9H2,1H3. The molecule has 0 nitrogen and oxygen atoms in total. The summed E-state index contributed by atoms with van der Waals surface area (Å²) in [5.74, 6) is 1.09. The Balaban J connectivity index is 1.95. The predicted molar refractivity (Wildman–Crippen MR) is 65.1 cm³/mol. The van der Waals surface area contributed by atoms with Gasteiger partial charge in [0, 0.05) is 20.4 Å². The molecule has 1 aromatic heterocycles. The van der Waals surface area contributed by atoms with Crippen LogP contribution < -0.4 is 0 Å². The second kappa shape index (κ2) is 4.67. The van der Waals surface area contributed by atoms with Crippen molar-refractivity contribution in [2.24, 2.45) is 0 Å². The summed E-state index contributed by atoms with van der Waals surface area (Å²) in [6.07, 6.45) is 0. The Morgan fingerprint density at radius 2 is 1.86 bits per heavy atom. The Hall–Kier alpha value is -0.730. The molecule has 0 amide bonds. The summed E-state index contributed by atoms with van der Waals surface area (Å²) in [5.41, 5.74) is 0. The van der Waals surface area contributed by atoms with Crippen LogP contribution in [-0.2, 0) is 5.75 Å². The topological polar surface area (TPSA) is 0 Å². The number of thioether (sulfide) groups is 1. The van der Waals surface area contributed by atoms with Crippen molar-refractivity contribution in [2.75, 3.05) is 0 Å². The number of aryl methyl sites for hydroxylation is 1. The van der Waals surface area contributed by atoms with Crippen molar-refractivity contribution in [1.29, 1.82) is 0 Å². The first-order valence-corrected chi connectivity index (χ1v) is 6.38. The summed E-state index contributed by atoms with van der Waals surface area (Å²) >= 11 is 3.78. The van der Waals surface area contributed by atoms with Crippen LogP contribution in [0.1, 0.15) is 9.75 Å². The molecule has 0 saturated carbocycles. The van der Waals surface area contributed by atoms with Gasteiger partial charge in [-0.3, -0.25) is 0 Å². The highest BCUT2D eigenvalue weighted by atomic mass is 32.2. The molecule has 1 heterocycles. The first-order chi connectivity index (χ1) is 6.84. The zero-order valence-corrected chi connectivity index (χ0v) is 9.70. The van der Waals surface area contributed by atoms with Gasteiger partial charge in [-0.2, -0.15) is 0 Å². The molecule has 0 atom stereocenters. The van der Waals surface area contributed by atoms with Gasteiger partial charge in [0.1, 0.15) is 0 Å². The molecule has 0 aliphatic rings.